The van der Waals surface area contributed by atoms with Crippen molar-refractivity contribution in [1.82, 2.24) is 4.98 Å². The fourth-order valence-electron chi connectivity index (χ4n) is 3.77. The average molecular weight is 543 g/mol. The highest BCUT2D eigenvalue weighted by Gasteiger charge is 2.46. The molecule has 0 saturated carbocycles. The summed E-state index contributed by atoms with van der Waals surface area (Å²) in [6.07, 6.45) is -0.662. The molecule has 0 saturated heterocycles. The number of aromatic nitrogens is 1. The molecular formula is C24H25F3N2O5S2. The standard InChI is InChI=1S/C24H25F3N2O5S2/c1-14(2)20-13-35-22(28-20)12-33-18-6-7-21-19(10-18)23(30)16(11-34-21)8-15-4-3-5-17(9-15)29-36(31,32)24(25,26)27/h3-7,9-10,13-14,16,23,29-30H,8,11-12H2,1-2H3/t16-,23-/m1/s1. The zero-order chi connectivity index (χ0) is 26.1. The average Bonchev–Trinajstić information content (AvgIpc) is 3.28. The number of nitrogens with one attached hydrogen (secondary N) is 1. The first-order valence-corrected chi connectivity index (χ1v) is 13.5. The first kappa shape index (κ1) is 26.2. The van der Waals surface area contributed by atoms with Crippen LogP contribution in [0.4, 0.5) is 18.9 Å². The molecule has 1 aliphatic heterocycles. The molecule has 4 rings (SSSR count). The van der Waals surface area contributed by atoms with E-state index in [4.69, 9.17) is 9.47 Å². The molecule has 2 N–H and O–H groups in total. The summed E-state index contributed by atoms with van der Waals surface area (Å²) in [5.41, 5.74) is -3.54. The third-order valence-corrected chi connectivity index (χ3v) is 7.66. The Kier molecular flexibility index (Phi) is 7.48. The van der Waals surface area contributed by atoms with Crippen LogP contribution in [-0.4, -0.2) is 30.6 Å². The van der Waals surface area contributed by atoms with Crippen LogP contribution < -0.4 is 14.2 Å². The van der Waals surface area contributed by atoms with E-state index in [9.17, 15) is 26.7 Å². The minimum Gasteiger partial charge on any atom is -0.493 e. The summed E-state index contributed by atoms with van der Waals surface area (Å²) in [6, 6.07) is 10.8. The molecule has 2 heterocycles. The van der Waals surface area contributed by atoms with Crippen LogP contribution in [0.1, 0.15) is 47.7 Å². The predicted molar refractivity (Wildman–Crippen MR) is 130 cm³/mol. The van der Waals surface area contributed by atoms with Gasteiger partial charge in [-0.05, 0) is 48.2 Å². The van der Waals surface area contributed by atoms with E-state index in [-0.39, 0.29) is 25.3 Å². The lowest BCUT2D eigenvalue weighted by atomic mass is 9.88. The molecule has 0 spiro atoms. The molecule has 2 atom stereocenters. The van der Waals surface area contributed by atoms with Crippen LogP contribution in [0.25, 0.3) is 0 Å². The lowest BCUT2D eigenvalue weighted by molar-refractivity contribution is -0.0429. The van der Waals surface area contributed by atoms with Crippen LogP contribution in [-0.2, 0) is 23.1 Å². The summed E-state index contributed by atoms with van der Waals surface area (Å²) in [5, 5.41) is 13.9. The number of fused-ring (bicyclic) bond motifs is 1. The topological polar surface area (TPSA) is 97.8 Å². The van der Waals surface area contributed by atoms with Crippen molar-refractivity contribution in [3.05, 3.63) is 69.7 Å². The van der Waals surface area contributed by atoms with Crippen molar-refractivity contribution < 1.29 is 36.2 Å². The Balaban J connectivity index is 1.44. The van der Waals surface area contributed by atoms with Gasteiger partial charge in [-0.2, -0.15) is 21.6 Å². The Morgan fingerprint density at radius 3 is 2.72 bits per heavy atom. The number of hydrogen-bond donors (Lipinski definition) is 2. The van der Waals surface area contributed by atoms with Crippen molar-refractivity contribution in [2.75, 3.05) is 11.3 Å². The molecule has 2 aromatic carbocycles. The first-order chi connectivity index (χ1) is 16.9. The number of sulfonamides is 1. The number of nitrogens with zero attached hydrogens (tertiary/aromatic N) is 1. The number of rotatable bonds is 8. The molecule has 0 amide bonds. The van der Waals surface area contributed by atoms with Gasteiger partial charge in [-0.3, -0.25) is 4.72 Å². The molecule has 194 valence electrons. The Morgan fingerprint density at radius 2 is 2.03 bits per heavy atom. The quantitative estimate of drug-likeness (QED) is 0.396. The lowest BCUT2D eigenvalue weighted by Gasteiger charge is -2.30. The van der Waals surface area contributed by atoms with Crippen molar-refractivity contribution in [3.8, 4) is 11.5 Å². The lowest BCUT2D eigenvalue weighted by Crippen LogP contribution is -2.30. The molecule has 1 aliphatic rings. The normalized spacial score (nSPS) is 18.0. The monoisotopic (exact) mass is 542 g/mol. The van der Waals surface area contributed by atoms with Crippen LogP contribution in [0.2, 0.25) is 0 Å². The minimum absolute atomic E-state index is 0.184. The van der Waals surface area contributed by atoms with Crippen LogP contribution in [0.15, 0.2) is 47.8 Å². The summed E-state index contributed by atoms with van der Waals surface area (Å²) in [5.74, 6) is 0.985. The maximum absolute atomic E-state index is 12.7. The number of thiazole rings is 1. The molecule has 7 nitrogen and oxygen atoms in total. The molecule has 0 aliphatic carbocycles. The van der Waals surface area contributed by atoms with Crippen LogP contribution >= 0.6 is 11.3 Å². The summed E-state index contributed by atoms with van der Waals surface area (Å²) in [4.78, 5) is 4.54. The first-order valence-electron chi connectivity index (χ1n) is 11.1. The van der Waals surface area contributed by atoms with E-state index >= 15 is 0 Å². The van der Waals surface area contributed by atoms with Crippen LogP contribution in [0, 0.1) is 5.92 Å². The maximum Gasteiger partial charge on any atom is 0.516 e. The van der Waals surface area contributed by atoms with Gasteiger partial charge in [0.1, 0.15) is 23.1 Å². The van der Waals surface area contributed by atoms with Gasteiger partial charge in [0.15, 0.2) is 0 Å². The second-order valence-corrected chi connectivity index (χ2v) is 11.4. The highest BCUT2D eigenvalue weighted by atomic mass is 32.2. The third kappa shape index (κ3) is 5.93. The van der Waals surface area contributed by atoms with Crippen molar-refractivity contribution in [2.24, 2.45) is 5.92 Å². The number of aliphatic hydroxyl groups excluding tert-OH is 1. The van der Waals surface area contributed by atoms with Crippen LogP contribution in [0.3, 0.4) is 0 Å². The Bertz CT molecular complexity index is 1330. The van der Waals surface area contributed by atoms with E-state index in [0.29, 0.717) is 28.5 Å². The van der Waals surface area contributed by atoms with E-state index in [1.54, 1.807) is 24.3 Å². The van der Waals surface area contributed by atoms with Crippen molar-refractivity contribution >= 4 is 27.0 Å². The molecular weight excluding hydrogens is 517 g/mol. The molecule has 0 unspecified atom stereocenters. The van der Waals surface area contributed by atoms with Gasteiger partial charge in [-0.25, -0.2) is 4.98 Å². The fourth-order valence-corrected chi connectivity index (χ4v) is 5.19. The van der Waals surface area contributed by atoms with Crippen molar-refractivity contribution in [3.63, 3.8) is 0 Å². The molecule has 12 heteroatoms. The Hall–Kier alpha value is -2.83. The van der Waals surface area contributed by atoms with Gasteiger partial charge in [0.2, 0.25) is 0 Å². The number of ether oxygens (including phenoxy) is 2. The second kappa shape index (κ2) is 10.3. The molecule has 0 radical (unpaired) electrons. The van der Waals surface area contributed by atoms with Gasteiger partial charge in [0.25, 0.3) is 0 Å². The van der Waals surface area contributed by atoms with Crippen molar-refractivity contribution in [1.29, 1.82) is 0 Å². The van der Waals surface area contributed by atoms with Gasteiger partial charge in [0.05, 0.1) is 18.4 Å². The molecule has 0 bridgehead atoms. The highest BCUT2D eigenvalue weighted by Crippen LogP contribution is 2.39. The van der Waals surface area contributed by atoms with Crippen LogP contribution in [0.5, 0.6) is 11.5 Å². The maximum atomic E-state index is 12.7. The van der Waals surface area contributed by atoms with Gasteiger partial charge in [0, 0.05) is 22.5 Å². The van der Waals surface area contributed by atoms with E-state index in [2.05, 4.69) is 18.8 Å². The van der Waals surface area contributed by atoms with E-state index in [0.717, 1.165) is 10.7 Å². The Labute approximate surface area is 211 Å². The number of alkyl halides is 3. The molecule has 3 aromatic rings. The van der Waals surface area contributed by atoms with Gasteiger partial charge >= 0.3 is 15.5 Å². The summed E-state index contributed by atoms with van der Waals surface area (Å²) < 4.78 is 74.1. The zero-order valence-corrected chi connectivity index (χ0v) is 21.1. The minimum atomic E-state index is -5.53. The van der Waals surface area contributed by atoms with E-state index in [1.807, 2.05) is 5.38 Å². The fraction of sp³-hybridized carbons (Fsp3) is 0.375. The molecule has 1 aromatic heterocycles. The number of benzene rings is 2. The number of aliphatic hydroxyl groups is 1. The number of anilines is 1. The van der Waals surface area contributed by atoms with Crippen molar-refractivity contribution in [2.45, 2.75) is 44.4 Å². The number of hydrogen-bond acceptors (Lipinski definition) is 7. The molecule has 36 heavy (non-hydrogen) atoms. The predicted octanol–water partition coefficient (Wildman–Crippen LogP) is 5.39. The Morgan fingerprint density at radius 1 is 1.25 bits per heavy atom. The summed E-state index contributed by atoms with van der Waals surface area (Å²) in [7, 11) is -5.53. The smallest absolute Gasteiger partial charge is 0.493 e. The van der Waals surface area contributed by atoms with Gasteiger partial charge in [-0.1, -0.05) is 26.0 Å². The second-order valence-electron chi connectivity index (χ2n) is 8.78. The number of halogens is 3. The largest absolute Gasteiger partial charge is 0.516 e. The van der Waals surface area contributed by atoms with Gasteiger partial charge in [-0.15, -0.1) is 11.3 Å². The zero-order valence-electron chi connectivity index (χ0n) is 19.4. The van der Waals surface area contributed by atoms with Gasteiger partial charge < -0.3 is 14.6 Å². The SMILES string of the molecule is CC(C)c1csc(COc2ccc3c(c2)[C@H](O)[C@H](Cc2cccc(NS(=O)(=O)C(F)(F)F)c2)CO3)n1. The third-order valence-electron chi connectivity index (χ3n) is 5.70. The summed E-state index contributed by atoms with van der Waals surface area (Å²) in [6.45, 7) is 4.61. The van der Waals surface area contributed by atoms with E-state index in [1.165, 1.54) is 34.3 Å². The van der Waals surface area contributed by atoms with E-state index < -0.39 is 27.6 Å². The summed E-state index contributed by atoms with van der Waals surface area (Å²) >= 11 is 1.52. The molecule has 0 fully saturated rings. The highest BCUT2D eigenvalue weighted by molar-refractivity contribution is 7.93.